The van der Waals surface area contributed by atoms with Crippen molar-refractivity contribution in [3.63, 3.8) is 0 Å². The van der Waals surface area contributed by atoms with E-state index in [1.54, 1.807) is 20.8 Å². The van der Waals surface area contributed by atoms with E-state index < -0.39 is 41.2 Å². The predicted octanol–water partition coefficient (Wildman–Crippen LogP) is 3.83. The van der Waals surface area contributed by atoms with Crippen LogP contribution < -0.4 is 10.9 Å². The predicted molar refractivity (Wildman–Crippen MR) is 100 cm³/mol. The normalized spacial score (nSPS) is 11.5. The smallest absolute Gasteiger partial charge is 0.407 e. The largest absolute Gasteiger partial charge is 0.441 e. The number of ether oxygens (including phenoxy) is 1. The molecule has 2 aromatic carbocycles. The topological polar surface area (TPSA) is 73.2 Å². The van der Waals surface area contributed by atoms with Gasteiger partial charge in [0, 0.05) is 11.6 Å². The van der Waals surface area contributed by atoms with Crippen molar-refractivity contribution < 1.29 is 22.7 Å². The molecule has 3 aromatic rings. The summed E-state index contributed by atoms with van der Waals surface area (Å²) in [6.45, 7) is 4.76. The van der Waals surface area contributed by atoms with Gasteiger partial charge in [-0.2, -0.15) is 0 Å². The maximum atomic E-state index is 14.2. The molecule has 9 heteroatoms. The van der Waals surface area contributed by atoms with Crippen LogP contribution in [0.5, 0.6) is 0 Å². The highest BCUT2D eigenvalue weighted by molar-refractivity contribution is 5.78. The highest BCUT2D eigenvalue weighted by Gasteiger charge is 2.19. The van der Waals surface area contributed by atoms with Gasteiger partial charge in [0.1, 0.15) is 22.8 Å². The van der Waals surface area contributed by atoms with Gasteiger partial charge in [-0.3, -0.25) is 9.36 Å². The molecule has 1 N–H and O–H groups in total. The summed E-state index contributed by atoms with van der Waals surface area (Å²) in [5.74, 6) is -2.82. The molecule has 0 saturated carbocycles. The number of alkyl carbamates (subject to hydrolysis) is 1. The van der Waals surface area contributed by atoms with Crippen molar-refractivity contribution in [1.29, 1.82) is 0 Å². The van der Waals surface area contributed by atoms with E-state index in [2.05, 4.69) is 10.3 Å². The number of halogens is 3. The number of benzene rings is 2. The minimum absolute atomic E-state index is 0.0259. The molecule has 152 valence electrons. The molecule has 1 amide bonds. The van der Waals surface area contributed by atoms with Crippen molar-refractivity contribution in [2.75, 3.05) is 0 Å². The molecule has 29 heavy (non-hydrogen) atoms. The summed E-state index contributed by atoms with van der Waals surface area (Å²) in [6.07, 6.45) is -0.775. The van der Waals surface area contributed by atoms with E-state index in [0.29, 0.717) is 6.07 Å². The minimum atomic E-state index is -0.933. The van der Waals surface area contributed by atoms with E-state index in [1.807, 2.05) is 0 Å². The molecule has 0 saturated heterocycles. The number of nitrogens with one attached hydrogen (secondary N) is 1. The van der Waals surface area contributed by atoms with Crippen LogP contribution in [0.15, 0.2) is 41.2 Å². The number of aromatic nitrogens is 2. The van der Waals surface area contributed by atoms with Crippen LogP contribution >= 0.6 is 0 Å². The van der Waals surface area contributed by atoms with Crippen LogP contribution in [0.2, 0.25) is 0 Å². The monoisotopic (exact) mass is 405 g/mol. The van der Waals surface area contributed by atoms with Crippen molar-refractivity contribution in [1.82, 2.24) is 14.9 Å². The Labute approximate surface area is 163 Å². The second-order valence-electron chi connectivity index (χ2n) is 7.38. The first-order valence-electron chi connectivity index (χ1n) is 8.67. The van der Waals surface area contributed by atoms with Crippen LogP contribution in [0.1, 0.15) is 26.6 Å². The molecule has 0 fully saturated rings. The van der Waals surface area contributed by atoms with E-state index in [-0.39, 0.29) is 22.4 Å². The molecule has 0 bridgehead atoms. The minimum Gasteiger partial charge on any atom is -0.441 e. The fraction of sp³-hybridized carbons (Fsp3) is 0.250. The Morgan fingerprint density at radius 1 is 1.14 bits per heavy atom. The first-order chi connectivity index (χ1) is 13.5. The van der Waals surface area contributed by atoms with Gasteiger partial charge in [-0.1, -0.05) is 6.07 Å². The third kappa shape index (κ3) is 4.56. The molecule has 0 unspecified atom stereocenters. The summed E-state index contributed by atoms with van der Waals surface area (Å²) in [7, 11) is 0. The lowest BCUT2D eigenvalue weighted by Crippen LogP contribution is -2.41. The summed E-state index contributed by atoms with van der Waals surface area (Å²) in [5, 5.41) is 2.22. The number of hydrogen-bond donors (Lipinski definition) is 1. The molecule has 0 atom stereocenters. The number of nitrogens with zero attached hydrogens (tertiary/aromatic N) is 2. The molecular weight excluding hydrogens is 387 g/mol. The molecule has 6 nitrogen and oxygen atoms in total. The lowest BCUT2D eigenvalue weighted by Gasteiger charge is -2.20. The SMILES string of the molecule is CC(C)(C)NC(=O)OCc1nc2cccc(F)c2c(=O)n1-c1cc(F)cc(F)c1. The van der Waals surface area contributed by atoms with Crippen molar-refractivity contribution >= 4 is 17.0 Å². The first-order valence-corrected chi connectivity index (χ1v) is 8.67. The lowest BCUT2D eigenvalue weighted by atomic mass is 10.1. The summed E-state index contributed by atoms with van der Waals surface area (Å²) in [4.78, 5) is 29.1. The number of carbonyl (C=O) groups excluding carboxylic acids is 1. The maximum Gasteiger partial charge on any atom is 0.407 e. The Hall–Kier alpha value is -3.36. The molecule has 0 aliphatic rings. The van der Waals surface area contributed by atoms with Gasteiger partial charge in [0.15, 0.2) is 12.4 Å². The Kier molecular flexibility index (Phi) is 5.32. The van der Waals surface area contributed by atoms with Crippen molar-refractivity contribution in [2.45, 2.75) is 32.9 Å². The summed E-state index contributed by atoms with van der Waals surface area (Å²) >= 11 is 0. The number of amides is 1. The Morgan fingerprint density at radius 2 is 1.79 bits per heavy atom. The van der Waals surface area contributed by atoms with Gasteiger partial charge in [-0.15, -0.1) is 0 Å². The number of hydrogen-bond acceptors (Lipinski definition) is 4. The molecule has 1 heterocycles. The van der Waals surface area contributed by atoms with Crippen LogP contribution in [-0.4, -0.2) is 21.2 Å². The Morgan fingerprint density at radius 3 is 2.41 bits per heavy atom. The average molecular weight is 405 g/mol. The fourth-order valence-electron chi connectivity index (χ4n) is 2.74. The van der Waals surface area contributed by atoms with E-state index in [9.17, 15) is 22.8 Å². The van der Waals surface area contributed by atoms with Crippen LogP contribution in [-0.2, 0) is 11.3 Å². The van der Waals surface area contributed by atoms with Crippen LogP contribution in [0.25, 0.3) is 16.6 Å². The Bertz CT molecular complexity index is 1130. The second kappa shape index (κ2) is 7.57. The zero-order valence-electron chi connectivity index (χ0n) is 15.9. The van der Waals surface area contributed by atoms with E-state index >= 15 is 0 Å². The summed E-state index contributed by atoms with van der Waals surface area (Å²) < 4.78 is 47.6. The third-order valence-electron chi connectivity index (χ3n) is 3.83. The average Bonchev–Trinajstić information content (AvgIpc) is 2.57. The van der Waals surface area contributed by atoms with Crippen LogP contribution in [0.3, 0.4) is 0 Å². The van der Waals surface area contributed by atoms with E-state index in [1.165, 1.54) is 12.1 Å². The highest BCUT2D eigenvalue weighted by atomic mass is 19.1. The highest BCUT2D eigenvalue weighted by Crippen LogP contribution is 2.18. The van der Waals surface area contributed by atoms with Crippen molar-refractivity contribution in [2.24, 2.45) is 0 Å². The number of rotatable bonds is 3. The second-order valence-corrected chi connectivity index (χ2v) is 7.38. The zero-order valence-corrected chi connectivity index (χ0v) is 15.9. The molecule has 1 aromatic heterocycles. The standard InChI is InChI=1S/C20H18F3N3O3/c1-20(2,3)25-19(28)29-10-16-24-15-6-4-5-14(23)17(15)18(27)26(16)13-8-11(21)7-12(22)9-13/h4-9H,10H2,1-3H3,(H,25,28). The van der Waals surface area contributed by atoms with Gasteiger partial charge in [0.05, 0.1) is 11.2 Å². The number of carbonyl (C=O) groups is 1. The summed E-state index contributed by atoms with van der Waals surface area (Å²) in [5.41, 5.74) is -1.63. The molecular formula is C20H18F3N3O3. The van der Waals surface area contributed by atoms with Gasteiger partial charge in [0.25, 0.3) is 5.56 Å². The van der Waals surface area contributed by atoms with Crippen molar-refractivity contribution in [3.8, 4) is 5.69 Å². The molecule has 3 rings (SSSR count). The molecule has 0 aliphatic heterocycles. The van der Waals surface area contributed by atoms with Gasteiger partial charge in [-0.05, 0) is 45.0 Å². The van der Waals surface area contributed by atoms with Crippen LogP contribution in [0.4, 0.5) is 18.0 Å². The quantitative estimate of drug-likeness (QED) is 0.719. The van der Waals surface area contributed by atoms with Crippen molar-refractivity contribution in [3.05, 3.63) is 70.0 Å². The van der Waals surface area contributed by atoms with Gasteiger partial charge < -0.3 is 10.1 Å². The van der Waals surface area contributed by atoms with Gasteiger partial charge in [0.2, 0.25) is 0 Å². The third-order valence-corrected chi connectivity index (χ3v) is 3.83. The van der Waals surface area contributed by atoms with Gasteiger partial charge in [-0.25, -0.2) is 22.9 Å². The van der Waals surface area contributed by atoms with Gasteiger partial charge >= 0.3 is 6.09 Å². The zero-order chi connectivity index (χ0) is 21.3. The van der Waals surface area contributed by atoms with E-state index in [4.69, 9.17) is 4.74 Å². The molecule has 0 spiro atoms. The summed E-state index contributed by atoms with van der Waals surface area (Å²) in [6, 6.07) is 6.29. The first kappa shape index (κ1) is 20.4. The lowest BCUT2D eigenvalue weighted by molar-refractivity contribution is 0.127. The molecule has 0 radical (unpaired) electrons. The maximum absolute atomic E-state index is 14.2. The van der Waals surface area contributed by atoms with E-state index in [0.717, 1.165) is 22.8 Å². The Balaban J connectivity index is 2.15. The fourth-order valence-corrected chi connectivity index (χ4v) is 2.74. The molecule has 0 aliphatic carbocycles. The number of fused-ring (bicyclic) bond motifs is 1. The van der Waals surface area contributed by atoms with Crippen LogP contribution in [0, 0.1) is 17.5 Å².